The van der Waals surface area contributed by atoms with Crippen molar-refractivity contribution in [1.29, 1.82) is 0 Å². The average molecular weight is 212 g/mol. The third kappa shape index (κ3) is 1.12. The van der Waals surface area contributed by atoms with E-state index in [1.54, 1.807) is 0 Å². The minimum Gasteiger partial charge on any atom is -0.296 e. The number of amides is 2. The van der Waals surface area contributed by atoms with E-state index in [4.69, 9.17) is 0 Å². The zero-order chi connectivity index (χ0) is 7.52. The van der Waals surface area contributed by atoms with E-state index < -0.39 is 0 Å². The highest BCUT2D eigenvalue weighted by Gasteiger charge is 2.69. The molecule has 2 rings (SSSR count). The number of rotatable bonds is 0. The second-order valence-corrected chi connectivity index (χ2v) is 3.63. The summed E-state index contributed by atoms with van der Waals surface area (Å²) in [6, 6.07) is 0. The standard InChI is InChI=1S/C7H9NO2.2ClH/c1-7(2)3-4(7)6(10)8-5(3)9;;/h3-4H,1-2H3,(H,8,9,10);2*1H. The molecule has 12 heavy (non-hydrogen) atoms. The molecule has 2 fully saturated rings. The summed E-state index contributed by atoms with van der Waals surface area (Å²) in [4.78, 5) is 21.8. The van der Waals surface area contributed by atoms with Crippen molar-refractivity contribution in [3.8, 4) is 0 Å². The van der Waals surface area contributed by atoms with Gasteiger partial charge >= 0.3 is 0 Å². The van der Waals surface area contributed by atoms with Gasteiger partial charge in [0.25, 0.3) is 0 Å². The van der Waals surface area contributed by atoms with Gasteiger partial charge in [-0.3, -0.25) is 14.9 Å². The van der Waals surface area contributed by atoms with E-state index in [1.165, 1.54) is 0 Å². The molecule has 1 aliphatic carbocycles. The summed E-state index contributed by atoms with van der Waals surface area (Å²) in [5.74, 6) is -0.222. The number of imide groups is 1. The lowest BCUT2D eigenvalue weighted by atomic mass is 10.1. The topological polar surface area (TPSA) is 46.2 Å². The van der Waals surface area contributed by atoms with Crippen LogP contribution in [0.2, 0.25) is 0 Å². The fourth-order valence-corrected chi connectivity index (χ4v) is 1.89. The molecule has 1 N–H and O–H groups in total. The molecule has 3 nitrogen and oxygen atoms in total. The van der Waals surface area contributed by atoms with E-state index in [1.807, 2.05) is 13.8 Å². The first-order valence-corrected chi connectivity index (χ1v) is 3.40. The third-order valence-electron chi connectivity index (χ3n) is 2.64. The Morgan fingerprint density at radius 1 is 1.08 bits per heavy atom. The summed E-state index contributed by atoms with van der Waals surface area (Å²) in [7, 11) is 0. The van der Waals surface area contributed by atoms with E-state index in [0.717, 1.165) is 0 Å². The summed E-state index contributed by atoms with van der Waals surface area (Å²) < 4.78 is 0. The minimum atomic E-state index is -0.0833. The molecule has 2 atom stereocenters. The Hall–Kier alpha value is -0.280. The van der Waals surface area contributed by atoms with Gasteiger partial charge in [-0.15, -0.1) is 24.8 Å². The van der Waals surface area contributed by atoms with Gasteiger partial charge in [0.05, 0.1) is 11.8 Å². The zero-order valence-electron chi connectivity index (χ0n) is 6.79. The quantitative estimate of drug-likeness (QED) is 0.602. The molecule has 70 valence electrons. The van der Waals surface area contributed by atoms with Gasteiger partial charge in [0, 0.05) is 0 Å². The molecule has 5 heteroatoms. The van der Waals surface area contributed by atoms with Gasteiger partial charge in [-0.25, -0.2) is 0 Å². The average Bonchev–Trinajstić information content (AvgIpc) is 2.17. The molecule has 2 amide bonds. The monoisotopic (exact) mass is 211 g/mol. The number of nitrogens with one attached hydrogen (secondary N) is 1. The van der Waals surface area contributed by atoms with E-state index in [2.05, 4.69) is 5.32 Å². The number of fused-ring (bicyclic) bond motifs is 1. The van der Waals surface area contributed by atoms with Crippen molar-refractivity contribution in [2.45, 2.75) is 13.8 Å². The molecule has 0 radical (unpaired) electrons. The van der Waals surface area contributed by atoms with Crippen molar-refractivity contribution in [2.75, 3.05) is 0 Å². The van der Waals surface area contributed by atoms with Gasteiger partial charge < -0.3 is 0 Å². The summed E-state index contributed by atoms with van der Waals surface area (Å²) in [6.45, 7) is 3.91. The highest BCUT2D eigenvalue weighted by molar-refractivity contribution is 6.10. The first-order valence-electron chi connectivity index (χ1n) is 3.40. The second-order valence-electron chi connectivity index (χ2n) is 3.63. The van der Waals surface area contributed by atoms with E-state index in [9.17, 15) is 9.59 Å². The van der Waals surface area contributed by atoms with Crippen LogP contribution in [0.15, 0.2) is 0 Å². The SMILES string of the molecule is CC1(C)C2C(=O)NC(=O)C21.Cl.Cl. The van der Waals surface area contributed by atoms with Crippen molar-refractivity contribution in [3.63, 3.8) is 0 Å². The third-order valence-corrected chi connectivity index (χ3v) is 2.64. The first-order chi connectivity index (χ1) is 4.55. The van der Waals surface area contributed by atoms with E-state index >= 15 is 0 Å². The fourth-order valence-electron chi connectivity index (χ4n) is 1.89. The number of halogens is 2. The van der Waals surface area contributed by atoms with Crippen LogP contribution < -0.4 is 5.32 Å². The van der Waals surface area contributed by atoms with Crippen LogP contribution in [0.25, 0.3) is 0 Å². The van der Waals surface area contributed by atoms with Crippen molar-refractivity contribution < 1.29 is 9.59 Å². The Morgan fingerprint density at radius 2 is 1.42 bits per heavy atom. The maximum atomic E-state index is 10.9. The van der Waals surface area contributed by atoms with Crippen molar-refractivity contribution in [1.82, 2.24) is 5.32 Å². The van der Waals surface area contributed by atoms with Gasteiger partial charge in [0.2, 0.25) is 11.8 Å². The van der Waals surface area contributed by atoms with Gasteiger partial charge in [0.15, 0.2) is 0 Å². The van der Waals surface area contributed by atoms with E-state index in [-0.39, 0.29) is 53.9 Å². The molecular formula is C7H11Cl2NO2. The summed E-state index contributed by atoms with van der Waals surface area (Å²) >= 11 is 0. The largest absolute Gasteiger partial charge is 0.296 e. The number of carbonyl (C=O) groups is 2. The van der Waals surface area contributed by atoms with Crippen LogP contribution >= 0.6 is 24.8 Å². The lowest BCUT2D eigenvalue weighted by Gasteiger charge is -2.05. The van der Waals surface area contributed by atoms with Gasteiger partial charge in [-0.05, 0) is 5.41 Å². The first kappa shape index (κ1) is 11.7. The number of piperidine rings is 1. The molecule has 0 aromatic rings. The van der Waals surface area contributed by atoms with Crippen LogP contribution in [0.1, 0.15) is 13.8 Å². The summed E-state index contributed by atoms with van der Waals surface area (Å²) in [5, 5.41) is 2.29. The Morgan fingerprint density at radius 3 is 1.58 bits per heavy atom. The normalized spacial score (nSPS) is 34.2. The van der Waals surface area contributed by atoms with Crippen LogP contribution in [0.3, 0.4) is 0 Å². The van der Waals surface area contributed by atoms with Crippen molar-refractivity contribution >= 4 is 36.6 Å². The highest BCUT2D eigenvalue weighted by atomic mass is 35.5. The lowest BCUT2D eigenvalue weighted by Crippen LogP contribution is -2.29. The molecule has 0 spiro atoms. The second kappa shape index (κ2) is 2.89. The fraction of sp³-hybridized carbons (Fsp3) is 0.714. The zero-order valence-corrected chi connectivity index (χ0v) is 8.42. The Kier molecular flexibility index (Phi) is 2.82. The van der Waals surface area contributed by atoms with Crippen LogP contribution in [-0.2, 0) is 9.59 Å². The molecule has 2 unspecified atom stereocenters. The van der Waals surface area contributed by atoms with E-state index in [0.29, 0.717) is 0 Å². The summed E-state index contributed by atoms with van der Waals surface area (Å²) in [6.07, 6.45) is 0. The molecule has 2 aliphatic rings. The highest BCUT2D eigenvalue weighted by Crippen LogP contribution is 2.60. The van der Waals surface area contributed by atoms with Crippen LogP contribution in [0, 0.1) is 17.3 Å². The lowest BCUT2D eigenvalue weighted by molar-refractivity contribution is -0.128. The van der Waals surface area contributed by atoms with Gasteiger partial charge in [-0.1, -0.05) is 13.8 Å². The molecular weight excluding hydrogens is 201 g/mol. The number of hydrogen-bond acceptors (Lipinski definition) is 2. The molecule has 1 saturated carbocycles. The Bertz CT molecular complexity index is 218. The predicted molar refractivity (Wildman–Crippen MR) is 48.4 cm³/mol. The van der Waals surface area contributed by atoms with Crippen LogP contribution in [0.4, 0.5) is 0 Å². The molecule has 1 aliphatic heterocycles. The minimum absolute atomic E-state index is 0. The van der Waals surface area contributed by atoms with Gasteiger partial charge in [-0.2, -0.15) is 0 Å². The Labute approximate surface area is 83.1 Å². The maximum absolute atomic E-state index is 10.9. The molecule has 1 heterocycles. The number of hydrogen-bond donors (Lipinski definition) is 1. The summed E-state index contributed by atoms with van der Waals surface area (Å²) in [5.41, 5.74) is -0.0561. The molecule has 0 aromatic heterocycles. The van der Waals surface area contributed by atoms with Crippen LogP contribution in [-0.4, -0.2) is 11.8 Å². The smallest absolute Gasteiger partial charge is 0.231 e. The van der Waals surface area contributed by atoms with Gasteiger partial charge in [0.1, 0.15) is 0 Å². The van der Waals surface area contributed by atoms with Crippen LogP contribution in [0.5, 0.6) is 0 Å². The maximum Gasteiger partial charge on any atom is 0.231 e. The predicted octanol–water partition coefficient (Wildman–Crippen LogP) is 0.759. The Balaban J connectivity index is 0.000000605. The molecule has 0 bridgehead atoms. The van der Waals surface area contributed by atoms with Crippen molar-refractivity contribution in [2.24, 2.45) is 17.3 Å². The van der Waals surface area contributed by atoms with Crippen molar-refractivity contribution in [3.05, 3.63) is 0 Å². The molecule has 0 aromatic carbocycles. The molecule has 1 saturated heterocycles. The number of carbonyl (C=O) groups excluding carboxylic acids is 2.